The van der Waals surface area contributed by atoms with Gasteiger partial charge in [0.15, 0.2) is 9.84 Å². The van der Waals surface area contributed by atoms with Crippen molar-refractivity contribution in [3.05, 3.63) is 18.3 Å². The Hall–Kier alpha value is -1.14. The molecule has 1 rings (SSSR count). The van der Waals surface area contributed by atoms with E-state index in [-0.39, 0.29) is 4.90 Å². The van der Waals surface area contributed by atoms with Crippen molar-refractivity contribution in [3.8, 4) is 0 Å². The molecule has 0 bridgehead atoms. The molecule has 102 valence electrons. The zero-order chi connectivity index (χ0) is 13.6. The van der Waals surface area contributed by atoms with Crippen molar-refractivity contribution >= 4 is 15.7 Å². The number of nitrogens with zero attached hydrogens (tertiary/aromatic N) is 2. The maximum atomic E-state index is 11.7. The molecular formula is C12H21N3O2S. The lowest BCUT2D eigenvalue weighted by molar-refractivity contribution is 0.600. The molecule has 1 aromatic rings. The second kappa shape index (κ2) is 6.70. The van der Waals surface area contributed by atoms with Crippen molar-refractivity contribution in [2.45, 2.75) is 24.7 Å². The topological polar surface area (TPSA) is 76.3 Å². The van der Waals surface area contributed by atoms with Gasteiger partial charge >= 0.3 is 0 Å². The number of aromatic nitrogens is 1. The van der Waals surface area contributed by atoms with E-state index in [1.165, 1.54) is 6.26 Å². The number of hydrogen-bond acceptors (Lipinski definition) is 5. The fraction of sp³-hybridized carbons (Fsp3) is 0.583. The summed E-state index contributed by atoms with van der Waals surface area (Å²) in [6.45, 7) is 4.14. The number of sulfone groups is 1. The molecule has 0 radical (unpaired) electrons. The van der Waals surface area contributed by atoms with Gasteiger partial charge in [0.1, 0.15) is 10.7 Å². The smallest absolute Gasteiger partial charge is 0.179 e. The zero-order valence-corrected chi connectivity index (χ0v) is 11.8. The summed E-state index contributed by atoms with van der Waals surface area (Å²) in [6.07, 6.45) is 4.58. The molecule has 0 spiro atoms. The van der Waals surface area contributed by atoms with Gasteiger partial charge in [-0.2, -0.15) is 0 Å². The molecule has 0 atom stereocenters. The number of rotatable bonds is 7. The SMILES string of the molecule is CCCN(CCCN)c1ncccc1S(C)(=O)=O. The summed E-state index contributed by atoms with van der Waals surface area (Å²) in [5.74, 6) is 0.537. The lowest BCUT2D eigenvalue weighted by atomic mass is 10.3. The Labute approximate surface area is 109 Å². The largest absolute Gasteiger partial charge is 0.356 e. The second-order valence-corrected chi connectivity index (χ2v) is 6.21. The van der Waals surface area contributed by atoms with Crippen LogP contribution in [0.25, 0.3) is 0 Å². The maximum Gasteiger partial charge on any atom is 0.179 e. The highest BCUT2D eigenvalue weighted by molar-refractivity contribution is 7.90. The van der Waals surface area contributed by atoms with E-state index in [2.05, 4.69) is 11.9 Å². The van der Waals surface area contributed by atoms with Gasteiger partial charge in [0.25, 0.3) is 0 Å². The third kappa shape index (κ3) is 3.96. The van der Waals surface area contributed by atoms with Gasteiger partial charge in [0.05, 0.1) is 0 Å². The lowest BCUT2D eigenvalue weighted by Gasteiger charge is -2.24. The Morgan fingerprint density at radius 2 is 2.11 bits per heavy atom. The first-order valence-corrected chi connectivity index (χ1v) is 8.00. The van der Waals surface area contributed by atoms with Crippen molar-refractivity contribution in [2.24, 2.45) is 5.73 Å². The number of anilines is 1. The van der Waals surface area contributed by atoms with Crippen molar-refractivity contribution in [2.75, 3.05) is 30.8 Å². The first kappa shape index (κ1) is 14.9. The van der Waals surface area contributed by atoms with Crippen LogP contribution >= 0.6 is 0 Å². The first-order chi connectivity index (χ1) is 8.50. The Morgan fingerprint density at radius 3 is 2.67 bits per heavy atom. The summed E-state index contributed by atoms with van der Waals surface area (Å²) < 4.78 is 23.5. The molecule has 18 heavy (non-hydrogen) atoms. The molecule has 0 unspecified atom stereocenters. The fourth-order valence-corrected chi connectivity index (χ4v) is 2.62. The van der Waals surface area contributed by atoms with E-state index in [4.69, 9.17) is 5.73 Å². The predicted octanol–water partition coefficient (Wildman–Crippen LogP) is 1.05. The van der Waals surface area contributed by atoms with E-state index in [0.29, 0.717) is 12.4 Å². The molecular weight excluding hydrogens is 250 g/mol. The van der Waals surface area contributed by atoms with Crippen molar-refractivity contribution in [1.29, 1.82) is 0 Å². The van der Waals surface area contributed by atoms with Crippen LogP contribution in [-0.4, -0.2) is 39.3 Å². The van der Waals surface area contributed by atoms with E-state index < -0.39 is 9.84 Å². The average Bonchev–Trinajstić information content (AvgIpc) is 2.33. The third-order valence-electron chi connectivity index (χ3n) is 2.58. The predicted molar refractivity (Wildman–Crippen MR) is 73.5 cm³/mol. The minimum atomic E-state index is -3.26. The van der Waals surface area contributed by atoms with Crippen molar-refractivity contribution in [3.63, 3.8) is 0 Å². The van der Waals surface area contributed by atoms with Crippen LogP contribution < -0.4 is 10.6 Å². The third-order valence-corrected chi connectivity index (χ3v) is 3.69. The Morgan fingerprint density at radius 1 is 1.39 bits per heavy atom. The summed E-state index contributed by atoms with van der Waals surface area (Å²) in [6, 6.07) is 3.25. The molecule has 0 aromatic carbocycles. The van der Waals surface area contributed by atoms with Gasteiger partial charge < -0.3 is 10.6 Å². The monoisotopic (exact) mass is 271 g/mol. The van der Waals surface area contributed by atoms with Crippen LogP contribution in [0.3, 0.4) is 0 Å². The van der Waals surface area contributed by atoms with Crippen LogP contribution in [0.15, 0.2) is 23.2 Å². The molecule has 0 aliphatic heterocycles. The Balaban J connectivity index is 3.11. The molecule has 0 amide bonds. The summed E-state index contributed by atoms with van der Waals surface area (Å²) in [4.78, 5) is 6.50. The van der Waals surface area contributed by atoms with Gasteiger partial charge in [-0.3, -0.25) is 0 Å². The maximum absolute atomic E-state index is 11.7. The minimum absolute atomic E-state index is 0.287. The van der Waals surface area contributed by atoms with Gasteiger partial charge in [-0.25, -0.2) is 13.4 Å². The highest BCUT2D eigenvalue weighted by Crippen LogP contribution is 2.22. The normalized spacial score (nSPS) is 11.5. The van der Waals surface area contributed by atoms with E-state index in [1.54, 1.807) is 18.3 Å². The van der Waals surface area contributed by atoms with Crippen molar-refractivity contribution < 1.29 is 8.42 Å². The zero-order valence-electron chi connectivity index (χ0n) is 11.0. The lowest BCUT2D eigenvalue weighted by Crippen LogP contribution is -2.29. The van der Waals surface area contributed by atoms with E-state index >= 15 is 0 Å². The number of pyridine rings is 1. The van der Waals surface area contributed by atoms with Gasteiger partial charge in [0, 0.05) is 25.5 Å². The second-order valence-electron chi connectivity index (χ2n) is 4.23. The molecule has 2 N–H and O–H groups in total. The van der Waals surface area contributed by atoms with Crippen LogP contribution in [-0.2, 0) is 9.84 Å². The molecule has 0 saturated heterocycles. The minimum Gasteiger partial charge on any atom is -0.356 e. The molecule has 0 fully saturated rings. The molecule has 0 aliphatic rings. The van der Waals surface area contributed by atoms with Crippen LogP contribution in [0.4, 0.5) is 5.82 Å². The molecule has 1 heterocycles. The van der Waals surface area contributed by atoms with Gasteiger partial charge in [-0.1, -0.05) is 6.92 Å². The quantitative estimate of drug-likeness (QED) is 0.802. The van der Waals surface area contributed by atoms with Gasteiger partial charge in [-0.15, -0.1) is 0 Å². The van der Waals surface area contributed by atoms with Gasteiger partial charge in [0.2, 0.25) is 0 Å². The molecule has 5 nitrogen and oxygen atoms in total. The van der Waals surface area contributed by atoms with Crippen LogP contribution in [0.2, 0.25) is 0 Å². The highest BCUT2D eigenvalue weighted by atomic mass is 32.2. The van der Waals surface area contributed by atoms with Gasteiger partial charge in [-0.05, 0) is 31.5 Å². The van der Waals surface area contributed by atoms with Crippen LogP contribution in [0.5, 0.6) is 0 Å². The van der Waals surface area contributed by atoms with Crippen molar-refractivity contribution in [1.82, 2.24) is 4.98 Å². The van der Waals surface area contributed by atoms with E-state index in [1.807, 2.05) is 4.90 Å². The Bertz CT molecular complexity index is 474. The first-order valence-electron chi connectivity index (χ1n) is 6.10. The Kier molecular flexibility index (Phi) is 5.55. The number of nitrogens with two attached hydrogens (primary N) is 1. The summed E-state index contributed by atoms with van der Waals surface area (Å²) in [5, 5.41) is 0. The van der Waals surface area contributed by atoms with E-state index in [0.717, 1.165) is 25.9 Å². The molecule has 0 aliphatic carbocycles. The highest BCUT2D eigenvalue weighted by Gasteiger charge is 2.18. The fourth-order valence-electron chi connectivity index (χ4n) is 1.78. The van der Waals surface area contributed by atoms with E-state index in [9.17, 15) is 8.42 Å². The summed E-state index contributed by atoms with van der Waals surface area (Å²) >= 11 is 0. The summed E-state index contributed by atoms with van der Waals surface area (Å²) in [7, 11) is -3.26. The molecule has 0 saturated carbocycles. The molecule has 6 heteroatoms. The standard InChI is InChI=1S/C12H21N3O2S/c1-3-9-15(10-5-7-13)12-11(18(2,16)17)6-4-8-14-12/h4,6,8H,3,5,7,9-10,13H2,1-2H3. The number of hydrogen-bond donors (Lipinski definition) is 1. The average molecular weight is 271 g/mol. The molecule has 1 aromatic heterocycles. The summed E-state index contributed by atoms with van der Waals surface area (Å²) in [5.41, 5.74) is 5.51. The van der Waals surface area contributed by atoms with Crippen LogP contribution in [0.1, 0.15) is 19.8 Å². The van der Waals surface area contributed by atoms with Crippen LogP contribution in [0, 0.1) is 0 Å².